The third kappa shape index (κ3) is 2.41. The molecule has 2 aromatic rings. The van der Waals surface area contributed by atoms with Crippen molar-refractivity contribution in [2.45, 2.75) is 6.92 Å². The molecular formula is C14H14ClFN2. The van der Waals surface area contributed by atoms with Crippen molar-refractivity contribution in [3.8, 4) is 0 Å². The monoisotopic (exact) mass is 264 g/mol. The quantitative estimate of drug-likeness (QED) is 0.826. The third-order valence-electron chi connectivity index (χ3n) is 2.83. The smallest absolute Gasteiger partial charge is 0.141 e. The van der Waals surface area contributed by atoms with Gasteiger partial charge in [-0.05, 0) is 42.8 Å². The van der Waals surface area contributed by atoms with Crippen LogP contribution in [0.3, 0.4) is 0 Å². The van der Waals surface area contributed by atoms with E-state index >= 15 is 0 Å². The van der Waals surface area contributed by atoms with Crippen molar-refractivity contribution < 1.29 is 4.39 Å². The summed E-state index contributed by atoms with van der Waals surface area (Å²) in [6.45, 7) is 1.98. The number of hydrogen-bond acceptors (Lipinski definition) is 2. The Morgan fingerprint density at radius 1 is 1.17 bits per heavy atom. The first-order chi connectivity index (χ1) is 8.49. The van der Waals surface area contributed by atoms with Crippen LogP contribution in [0.4, 0.5) is 21.5 Å². The standard InChI is InChI=1S/C14H14ClFN2/c1-9-3-6-14(13(17)7-9)18(2)10-4-5-12(16)11(15)8-10/h3-8H,17H2,1-2H3. The lowest BCUT2D eigenvalue weighted by atomic mass is 10.1. The summed E-state index contributed by atoms with van der Waals surface area (Å²) in [7, 11) is 1.87. The van der Waals surface area contributed by atoms with Gasteiger partial charge in [-0.25, -0.2) is 4.39 Å². The Morgan fingerprint density at radius 2 is 1.89 bits per heavy atom. The molecule has 2 aromatic carbocycles. The number of hydrogen-bond donors (Lipinski definition) is 1. The van der Waals surface area contributed by atoms with E-state index in [9.17, 15) is 4.39 Å². The molecule has 2 nitrogen and oxygen atoms in total. The predicted molar refractivity (Wildman–Crippen MR) is 75.1 cm³/mol. The molecule has 0 aliphatic rings. The first-order valence-electron chi connectivity index (χ1n) is 5.54. The second-order valence-corrected chi connectivity index (χ2v) is 4.63. The largest absolute Gasteiger partial charge is 0.397 e. The maximum absolute atomic E-state index is 13.1. The summed E-state index contributed by atoms with van der Waals surface area (Å²) in [5, 5.41) is 0.102. The van der Waals surface area contributed by atoms with Gasteiger partial charge in [0.1, 0.15) is 5.82 Å². The molecular weight excluding hydrogens is 251 g/mol. The minimum Gasteiger partial charge on any atom is -0.397 e. The normalized spacial score (nSPS) is 10.4. The minimum atomic E-state index is -0.425. The van der Waals surface area contributed by atoms with Crippen LogP contribution < -0.4 is 10.6 Å². The Bertz CT molecular complexity index is 584. The van der Waals surface area contributed by atoms with Gasteiger partial charge in [-0.15, -0.1) is 0 Å². The van der Waals surface area contributed by atoms with Gasteiger partial charge in [0, 0.05) is 12.7 Å². The summed E-state index contributed by atoms with van der Waals surface area (Å²) in [5.74, 6) is -0.425. The maximum Gasteiger partial charge on any atom is 0.141 e. The number of rotatable bonds is 2. The Labute approximate surface area is 111 Å². The topological polar surface area (TPSA) is 29.3 Å². The van der Waals surface area contributed by atoms with E-state index in [0.29, 0.717) is 5.69 Å². The molecule has 0 unspecified atom stereocenters. The van der Waals surface area contributed by atoms with Crippen LogP contribution in [0.15, 0.2) is 36.4 Å². The summed E-state index contributed by atoms with van der Waals surface area (Å²) < 4.78 is 13.1. The van der Waals surface area contributed by atoms with Crippen LogP contribution in [0.5, 0.6) is 0 Å². The minimum absolute atomic E-state index is 0.102. The summed E-state index contributed by atoms with van der Waals surface area (Å²) in [6, 6.07) is 10.4. The fraction of sp³-hybridized carbons (Fsp3) is 0.143. The van der Waals surface area contributed by atoms with Gasteiger partial charge in [0.25, 0.3) is 0 Å². The molecule has 0 atom stereocenters. The van der Waals surface area contributed by atoms with E-state index in [-0.39, 0.29) is 5.02 Å². The number of nitrogen functional groups attached to an aromatic ring is 1. The van der Waals surface area contributed by atoms with Crippen molar-refractivity contribution in [1.29, 1.82) is 0 Å². The molecule has 0 amide bonds. The highest BCUT2D eigenvalue weighted by molar-refractivity contribution is 6.31. The molecule has 2 rings (SSSR count). The summed E-state index contributed by atoms with van der Waals surface area (Å²) in [4.78, 5) is 1.88. The van der Waals surface area contributed by atoms with Crippen LogP contribution >= 0.6 is 11.6 Å². The van der Waals surface area contributed by atoms with Gasteiger partial charge in [0.2, 0.25) is 0 Å². The van der Waals surface area contributed by atoms with Gasteiger partial charge < -0.3 is 10.6 Å². The van der Waals surface area contributed by atoms with Crippen molar-refractivity contribution in [2.24, 2.45) is 0 Å². The molecule has 18 heavy (non-hydrogen) atoms. The van der Waals surface area contributed by atoms with Gasteiger partial charge in [-0.2, -0.15) is 0 Å². The molecule has 2 N–H and O–H groups in total. The van der Waals surface area contributed by atoms with Crippen LogP contribution in [0.1, 0.15) is 5.56 Å². The van der Waals surface area contributed by atoms with Gasteiger partial charge in [0.15, 0.2) is 0 Å². The van der Waals surface area contributed by atoms with Crippen LogP contribution in [0, 0.1) is 12.7 Å². The van der Waals surface area contributed by atoms with Crippen LogP contribution in [0.25, 0.3) is 0 Å². The van der Waals surface area contributed by atoms with Crippen molar-refractivity contribution in [3.63, 3.8) is 0 Å². The molecule has 0 heterocycles. The fourth-order valence-electron chi connectivity index (χ4n) is 1.81. The highest BCUT2D eigenvalue weighted by atomic mass is 35.5. The molecule has 0 aliphatic carbocycles. The molecule has 0 aliphatic heterocycles. The lowest BCUT2D eigenvalue weighted by molar-refractivity contribution is 0.628. The van der Waals surface area contributed by atoms with Gasteiger partial charge in [-0.1, -0.05) is 17.7 Å². The first kappa shape index (κ1) is 12.7. The van der Waals surface area contributed by atoms with Crippen molar-refractivity contribution in [1.82, 2.24) is 0 Å². The van der Waals surface area contributed by atoms with E-state index in [4.69, 9.17) is 17.3 Å². The first-order valence-corrected chi connectivity index (χ1v) is 5.92. The van der Waals surface area contributed by atoms with Gasteiger partial charge in [0.05, 0.1) is 16.4 Å². The highest BCUT2D eigenvalue weighted by Gasteiger charge is 2.09. The number of nitrogens with two attached hydrogens (primary N) is 1. The van der Waals surface area contributed by atoms with E-state index in [0.717, 1.165) is 16.9 Å². The summed E-state index contributed by atoms with van der Waals surface area (Å²) in [6.07, 6.45) is 0. The van der Waals surface area contributed by atoms with Gasteiger partial charge in [-0.3, -0.25) is 0 Å². The van der Waals surface area contributed by atoms with E-state index in [2.05, 4.69) is 0 Å². The third-order valence-corrected chi connectivity index (χ3v) is 3.12. The van der Waals surface area contributed by atoms with E-state index < -0.39 is 5.82 Å². The number of halogens is 2. The Balaban J connectivity index is 2.41. The van der Waals surface area contributed by atoms with Crippen LogP contribution in [0.2, 0.25) is 5.02 Å². The number of anilines is 3. The molecule has 0 fully saturated rings. The Hall–Kier alpha value is -1.74. The van der Waals surface area contributed by atoms with Crippen LogP contribution in [-0.4, -0.2) is 7.05 Å². The van der Waals surface area contributed by atoms with Gasteiger partial charge >= 0.3 is 0 Å². The van der Waals surface area contributed by atoms with Crippen molar-refractivity contribution in [3.05, 3.63) is 52.8 Å². The van der Waals surface area contributed by atoms with E-state index in [1.807, 2.05) is 37.1 Å². The van der Waals surface area contributed by atoms with Crippen molar-refractivity contribution >= 4 is 28.7 Å². The Kier molecular flexibility index (Phi) is 3.43. The second kappa shape index (κ2) is 4.86. The predicted octanol–water partition coefficient (Wildman–Crippen LogP) is 4.14. The molecule has 0 radical (unpaired) electrons. The summed E-state index contributed by atoms with van der Waals surface area (Å²) in [5.41, 5.74) is 9.41. The van der Waals surface area contributed by atoms with E-state index in [1.54, 1.807) is 12.1 Å². The van der Waals surface area contributed by atoms with Crippen LogP contribution in [-0.2, 0) is 0 Å². The zero-order chi connectivity index (χ0) is 13.3. The molecule has 0 bridgehead atoms. The molecule has 4 heteroatoms. The average molecular weight is 265 g/mol. The lowest BCUT2D eigenvalue weighted by Crippen LogP contribution is -2.11. The number of nitrogens with zero attached hydrogens (tertiary/aromatic N) is 1. The second-order valence-electron chi connectivity index (χ2n) is 4.22. The molecule has 0 saturated heterocycles. The number of benzene rings is 2. The molecule has 94 valence electrons. The molecule has 0 saturated carbocycles. The summed E-state index contributed by atoms with van der Waals surface area (Å²) >= 11 is 5.78. The molecule has 0 spiro atoms. The Morgan fingerprint density at radius 3 is 2.50 bits per heavy atom. The maximum atomic E-state index is 13.1. The highest BCUT2D eigenvalue weighted by Crippen LogP contribution is 2.31. The SMILES string of the molecule is Cc1ccc(N(C)c2ccc(F)c(Cl)c2)c(N)c1. The number of aryl methyl sites for hydroxylation is 1. The fourth-order valence-corrected chi connectivity index (χ4v) is 1.99. The lowest BCUT2D eigenvalue weighted by Gasteiger charge is -2.21. The van der Waals surface area contributed by atoms with E-state index in [1.165, 1.54) is 6.07 Å². The molecule has 0 aromatic heterocycles. The zero-order valence-electron chi connectivity index (χ0n) is 10.2. The van der Waals surface area contributed by atoms with Crippen molar-refractivity contribution in [2.75, 3.05) is 17.7 Å². The zero-order valence-corrected chi connectivity index (χ0v) is 11.0. The average Bonchev–Trinajstić information content (AvgIpc) is 2.32.